The highest BCUT2D eigenvalue weighted by atomic mass is 32.2. The Kier molecular flexibility index (Phi) is 12.8. The number of nitrogens with zero attached hydrogens (tertiary/aromatic N) is 1. The molecule has 38 heavy (non-hydrogen) atoms. The number of hydrogen-bond donors (Lipinski definition) is 2. The molecule has 0 fully saturated rings. The molecule has 0 aliphatic carbocycles. The first-order valence-corrected chi connectivity index (χ1v) is 13.2. The third kappa shape index (κ3) is 10.2. The molecule has 0 heterocycles. The molecule has 2 unspecified atom stereocenters. The number of rotatable bonds is 15. The van der Waals surface area contributed by atoms with E-state index < -0.39 is 59.0 Å². The van der Waals surface area contributed by atoms with E-state index in [1.54, 1.807) is 0 Å². The Bertz CT molecular complexity index is 943. The number of thioether (sulfide) groups is 1. The van der Waals surface area contributed by atoms with Crippen LogP contribution < -0.4 is 5.32 Å². The topological polar surface area (TPSA) is 73.1 Å². The number of unbranched alkanes of at least 4 members (excludes halogenated alkanes) is 5. The molecule has 13 heteroatoms. The van der Waals surface area contributed by atoms with Crippen LogP contribution in [-0.2, 0) is 11.0 Å². The van der Waals surface area contributed by atoms with Crippen molar-refractivity contribution in [3.8, 4) is 6.07 Å². The SMILES string of the molecule is CCCCCCCCC(SCCCC(F)(F)C(F)(F)F)C(C)(O)C(=O)Nc1ccc(C#N)c(C(F)(F)F)c1. The van der Waals surface area contributed by atoms with Crippen LogP contribution in [0.15, 0.2) is 18.2 Å². The number of nitriles is 1. The molecule has 0 saturated carbocycles. The van der Waals surface area contributed by atoms with Gasteiger partial charge in [0.25, 0.3) is 5.91 Å². The lowest BCUT2D eigenvalue weighted by atomic mass is 9.95. The quantitative estimate of drug-likeness (QED) is 0.164. The number of carbonyl (C=O) groups excluding carboxylic acids is 1. The highest BCUT2D eigenvalue weighted by molar-refractivity contribution is 8.00. The van der Waals surface area contributed by atoms with Gasteiger partial charge in [-0.2, -0.15) is 52.1 Å². The van der Waals surface area contributed by atoms with Gasteiger partial charge in [0, 0.05) is 17.4 Å². The van der Waals surface area contributed by atoms with Gasteiger partial charge in [-0.25, -0.2) is 0 Å². The lowest BCUT2D eigenvalue weighted by Gasteiger charge is -2.32. The summed E-state index contributed by atoms with van der Waals surface area (Å²) in [6, 6.07) is 3.91. The van der Waals surface area contributed by atoms with E-state index in [2.05, 4.69) is 5.32 Å². The molecular weight excluding hydrogens is 544 g/mol. The van der Waals surface area contributed by atoms with Crippen molar-refractivity contribution < 1.29 is 45.0 Å². The van der Waals surface area contributed by atoms with Gasteiger partial charge in [0.2, 0.25) is 0 Å². The molecule has 1 rings (SSSR count). The molecule has 0 spiro atoms. The van der Waals surface area contributed by atoms with Crippen molar-refractivity contribution in [2.75, 3.05) is 11.1 Å². The molecule has 0 aromatic heterocycles. The monoisotopic (exact) mass is 576 g/mol. The van der Waals surface area contributed by atoms with Gasteiger partial charge >= 0.3 is 18.3 Å². The molecule has 1 aromatic rings. The zero-order valence-electron chi connectivity index (χ0n) is 21.1. The molecule has 2 atom stereocenters. The van der Waals surface area contributed by atoms with Crippen LogP contribution in [0.3, 0.4) is 0 Å². The Labute approximate surface area is 221 Å². The Balaban J connectivity index is 2.98. The Morgan fingerprint density at radius 3 is 2.18 bits per heavy atom. The number of carbonyl (C=O) groups is 1. The average Bonchev–Trinajstić information content (AvgIpc) is 2.80. The maximum absolute atomic E-state index is 13.3. The largest absolute Gasteiger partial charge is 0.453 e. The minimum absolute atomic E-state index is 0.204. The van der Waals surface area contributed by atoms with Gasteiger partial charge in [0.15, 0.2) is 5.60 Å². The molecule has 0 aliphatic rings. The van der Waals surface area contributed by atoms with E-state index in [1.165, 1.54) is 6.07 Å². The molecule has 0 aliphatic heterocycles. The van der Waals surface area contributed by atoms with Gasteiger partial charge < -0.3 is 10.4 Å². The molecule has 1 aromatic carbocycles. The van der Waals surface area contributed by atoms with Crippen molar-refractivity contribution in [3.05, 3.63) is 29.3 Å². The third-order valence-corrected chi connectivity index (χ3v) is 7.60. The van der Waals surface area contributed by atoms with Crippen LogP contribution >= 0.6 is 11.8 Å². The molecule has 0 radical (unpaired) electrons. The summed E-state index contributed by atoms with van der Waals surface area (Å²) in [6.45, 7) is 3.16. The third-order valence-electron chi connectivity index (χ3n) is 5.98. The van der Waals surface area contributed by atoms with Crippen molar-refractivity contribution in [2.45, 2.75) is 101 Å². The standard InChI is InChI=1S/C25H32F8N2O2S/c1-3-4-5-6-7-8-10-20(38-14-9-13-23(26,27)25(31,32)33)22(2,37)21(36)35-18-12-11-17(16-34)19(15-18)24(28,29)30/h11-12,15,20,37H,3-10,13-14H2,1-2H3,(H,35,36). The molecule has 1 amide bonds. The number of hydrogen-bond acceptors (Lipinski definition) is 4. The normalized spacial score (nSPS) is 15.0. The zero-order valence-corrected chi connectivity index (χ0v) is 21.9. The van der Waals surface area contributed by atoms with Gasteiger partial charge in [-0.15, -0.1) is 0 Å². The fourth-order valence-corrected chi connectivity index (χ4v) is 5.02. The van der Waals surface area contributed by atoms with Gasteiger partial charge in [0.1, 0.15) is 0 Å². The van der Waals surface area contributed by atoms with Crippen LogP contribution in [0, 0.1) is 11.3 Å². The van der Waals surface area contributed by atoms with Crippen LogP contribution in [-0.4, -0.2) is 39.7 Å². The van der Waals surface area contributed by atoms with Crippen LogP contribution in [0.2, 0.25) is 0 Å². The maximum Gasteiger partial charge on any atom is 0.453 e. The second kappa shape index (κ2) is 14.4. The van der Waals surface area contributed by atoms with Crippen LogP contribution in [0.5, 0.6) is 0 Å². The molecule has 2 N–H and O–H groups in total. The summed E-state index contributed by atoms with van der Waals surface area (Å²) in [5.41, 5.74) is -4.45. The highest BCUT2D eigenvalue weighted by Gasteiger charge is 2.56. The predicted molar refractivity (Wildman–Crippen MR) is 130 cm³/mol. The second-order valence-electron chi connectivity index (χ2n) is 9.19. The van der Waals surface area contributed by atoms with Crippen molar-refractivity contribution in [3.63, 3.8) is 0 Å². The summed E-state index contributed by atoms with van der Waals surface area (Å²) in [4.78, 5) is 12.9. The second-order valence-corrected chi connectivity index (χ2v) is 10.5. The van der Waals surface area contributed by atoms with E-state index in [0.29, 0.717) is 12.5 Å². The summed E-state index contributed by atoms with van der Waals surface area (Å²) in [6.07, 6.45) is -7.14. The lowest BCUT2D eigenvalue weighted by Crippen LogP contribution is -2.48. The molecule has 216 valence electrons. The Morgan fingerprint density at radius 1 is 1.03 bits per heavy atom. The average molecular weight is 577 g/mol. The minimum Gasteiger partial charge on any atom is -0.379 e. The molecular formula is C25H32F8N2O2S. The van der Waals surface area contributed by atoms with E-state index in [1.807, 2.05) is 6.92 Å². The summed E-state index contributed by atoms with van der Waals surface area (Å²) < 4.78 is 104. The highest BCUT2D eigenvalue weighted by Crippen LogP contribution is 2.40. The summed E-state index contributed by atoms with van der Waals surface area (Å²) >= 11 is 0.866. The van der Waals surface area contributed by atoms with Crippen LogP contribution in [0.25, 0.3) is 0 Å². The van der Waals surface area contributed by atoms with Crippen molar-refractivity contribution in [1.29, 1.82) is 5.26 Å². The number of alkyl halides is 8. The molecule has 4 nitrogen and oxygen atoms in total. The van der Waals surface area contributed by atoms with Crippen LogP contribution in [0.4, 0.5) is 40.8 Å². The smallest absolute Gasteiger partial charge is 0.379 e. The summed E-state index contributed by atoms with van der Waals surface area (Å²) in [7, 11) is 0. The summed E-state index contributed by atoms with van der Waals surface area (Å²) in [5, 5.41) is 21.2. The maximum atomic E-state index is 13.3. The van der Waals surface area contributed by atoms with E-state index in [9.17, 15) is 45.0 Å². The first-order chi connectivity index (χ1) is 17.5. The Hall–Kier alpha value is -2.07. The van der Waals surface area contributed by atoms with Gasteiger partial charge in [-0.1, -0.05) is 45.4 Å². The minimum atomic E-state index is -5.68. The lowest BCUT2D eigenvalue weighted by molar-refractivity contribution is -0.284. The molecule has 0 bridgehead atoms. The fraction of sp³-hybridized carbons (Fsp3) is 0.680. The number of benzene rings is 1. The van der Waals surface area contributed by atoms with E-state index in [0.717, 1.165) is 62.9 Å². The number of aliphatic hydroxyl groups is 1. The van der Waals surface area contributed by atoms with E-state index >= 15 is 0 Å². The van der Waals surface area contributed by atoms with Crippen molar-refractivity contribution in [1.82, 2.24) is 0 Å². The molecule has 0 saturated heterocycles. The first kappa shape index (κ1) is 34.0. The predicted octanol–water partition coefficient (Wildman–Crippen LogP) is 8.10. The van der Waals surface area contributed by atoms with Crippen molar-refractivity contribution >= 4 is 23.4 Å². The Morgan fingerprint density at radius 2 is 1.63 bits per heavy atom. The zero-order chi connectivity index (χ0) is 29.2. The van der Waals surface area contributed by atoms with Crippen molar-refractivity contribution in [2.24, 2.45) is 0 Å². The van der Waals surface area contributed by atoms with Gasteiger partial charge in [0.05, 0.1) is 17.2 Å². The van der Waals surface area contributed by atoms with E-state index in [4.69, 9.17) is 5.26 Å². The number of anilines is 1. The summed E-state index contributed by atoms with van der Waals surface area (Å²) in [5.74, 6) is -6.14. The number of nitrogens with one attached hydrogen (secondary N) is 1. The van der Waals surface area contributed by atoms with E-state index in [-0.39, 0.29) is 17.9 Å². The number of amides is 1. The first-order valence-electron chi connectivity index (χ1n) is 12.2. The van der Waals surface area contributed by atoms with Gasteiger partial charge in [-0.05, 0) is 43.7 Å². The fourth-order valence-electron chi connectivity index (χ4n) is 3.66. The van der Waals surface area contributed by atoms with Crippen LogP contribution in [0.1, 0.15) is 82.8 Å². The number of halogens is 8. The van der Waals surface area contributed by atoms with Gasteiger partial charge in [-0.3, -0.25) is 4.79 Å².